The van der Waals surface area contributed by atoms with Crippen LogP contribution < -0.4 is 10.9 Å². The molecule has 154 valence electrons. The molecule has 2 saturated carbocycles. The van der Waals surface area contributed by atoms with Gasteiger partial charge in [-0.3, -0.25) is 9.59 Å². The number of benzene rings is 1. The number of fused-ring (bicyclic) bond motifs is 1. The fraction of sp³-hybridized carbons (Fsp3) is 0.565. The fourth-order valence-corrected chi connectivity index (χ4v) is 6.35. The molecule has 4 fully saturated rings. The van der Waals surface area contributed by atoms with Crippen LogP contribution in [0.4, 0.5) is 0 Å². The summed E-state index contributed by atoms with van der Waals surface area (Å²) in [7, 11) is 2.19. The van der Waals surface area contributed by atoms with Crippen LogP contribution in [0.2, 0.25) is 0 Å². The summed E-state index contributed by atoms with van der Waals surface area (Å²) in [5.74, 6) is 0.000579. The first-order valence-electron chi connectivity index (χ1n) is 10.7. The predicted octanol–water partition coefficient (Wildman–Crippen LogP) is 3.03. The molecule has 1 amide bonds. The molecule has 1 aromatic carbocycles. The van der Waals surface area contributed by atoms with Gasteiger partial charge >= 0.3 is 0 Å². The number of aromatic nitrogens is 1. The Bertz CT molecular complexity index is 1040. The van der Waals surface area contributed by atoms with Crippen molar-refractivity contribution in [3.8, 4) is 5.75 Å². The smallest absolute Gasteiger partial charge is 0.267 e. The zero-order valence-corrected chi connectivity index (χ0v) is 17.3. The van der Waals surface area contributed by atoms with E-state index in [0.717, 1.165) is 19.3 Å². The third kappa shape index (κ3) is 2.72. The van der Waals surface area contributed by atoms with Crippen LogP contribution in [0.3, 0.4) is 0 Å². The summed E-state index contributed by atoms with van der Waals surface area (Å²) in [6.07, 6.45) is 5.23. The minimum Gasteiger partial charge on any atom is -0.506 e. The number of nitrogens with one attached hydrogen (secondary N) is 1. The van der Waals surface area contributed by atoms with Crippen LogP contribution >= 0.6 is 0 Å². The van der Waals surface area contributed by atoms with Crippen molar-refractivity contribution in [1.29, 1.82) is 0 Å². The Morgan fingerprint density at radius 3 is 2.48 bits per heavy atom. The van der Waals surface area contributed by atoms with Crippen molar-refractivity contribution in [3.05, 3.63) is 40.2 Å². The van der Waals surface area contributed by atoms with Gasteiger partial charge in [0, 0.05) is 29.1 Å². The second kappa shape index (κ2) is 6.33. The van der Waals surface area contributed by atoms with Gasteiger partial charge in [-0.2, -0.15) is 0 Å². The Labute approximate surface area is 170 Å². The van der Waals surface area contributed by atoms with Gasteiger partial charge in [-0.15, -0.1) is 0 Å². The average molecular weight is 396 g/mol. The molecule has 4 bridgehead atoms. The van der Waals surface area contributed by atoms with E-state index < -0.39 is 11.5 Å². The van der Waals surface area contributed by atoms with Gasteiger partial charge in [-0.1, -0.05) is 12.1 Å². The molecule has 6 heteroatoms. The minimum atomic E-state index is -0.433. The summed E-state index contributed by atoms with van der Waals surface area (Å²) >= 11 is 0. The molecule has 2 atom stereocenters. The van der Waals surface area contributed by atoms with Crippen molar-refractivity contribution >= 4 is 16.8 Å². The van der Waals surface area contributed by atoms with E-state index in [2.05, 4.69) is 17.3 Å². The molecule has 2 aliphatic carbocycles. The normalized spacial score (nSPS) is 31.0. The molecule has 6 rings (SSSR count). The Hall–Kier alpha value is -2.34. The third-order valence-corrected chi connectivity index (χ3v) is 7.51. The van der Waals surface area contributed by atoms with Crippen LogP contribution in [-0.4, -0.2) is 45.2 Å². The minimum absolute atomic E-state index is 0.118. The number of carbonyl (C=O) groups excluding carboxylic acids is 1. The SMILES string of the molecule is CC(C)n1c(=O)c(C(=O)NC23CC4CC(C2)N(C)C(C4)C3)c(O)c2ccccc21. The lowest BCUT2D eigenvalue weighted by molar-refractivity contribution is -0.0665. The van der Waals surface area contributed by atoms with E-state index in [0.29, 0.717) is 28.9 Å². The number of rotatable bonds is 3. The molecule has 1 aromatic heterocycles. The van der Waals surface area contributed by atoms with E-state index in [1.54, 1.807) is 10.6 Å². The van der Waals surface area contributed by atoms with Crippen LogP contribution in [-0.2, 0) is 0 Å². The molecule has 2 aliphatic heterocycles. The van der Waals surface area contributed by atoms with E-state index in [1.807, 2.05) is 32.0 Å². The zero-order valence-electron chi connectivity index (χ0n) is 17.3. The average Bonchev–Trinajstić information content (AvgIpc) is 2.65. The Kier molecular flexibility index (Phi) is 4.07. The lowest BCUT2D eigenvalue weighted by Crippen LogP contribution is -2.68. The number of pyridine rings is 1. The highest BCUT2D eigenvalue weighted by molar-refractivity contribution is 6.02. The van der Waals surface area contributed by atoms with Gasteiger partial charge in [-0.25, -0.2) is 0 Å². The first-order chi connectivity index (χ1) is 13.8. The summed E-state index contributed by atoms with van der Waals surface area (Å²) in [5, 5.41) is 14.7. The van der Waals surface area contributed by atoms with E-state index >= 15 is 0 Å². The quantitative estimate of drug-likeness (QED) is 0.838. The first kappa shape index (κ1) is 18.7. The number of nitrogens with zero attached hydrogens (tertiary/aromatic N) is 2. The fourth-order valence-electron chi connectivity index (χ4n) is 6.35. The molecular weight excluding hydrogens is 366 g/mol. The van der Waals surface area contributed by atoms with Gasteiger partial charge in [0.15, 0.2) is 0 Å². The van der Waals surface area contributed by atoms with Gasteiger partial charge in [0.1, 0.15) is 11.3 Å². The van der Waals surface area contributed by atoms with Crippen LogP contribution in [0.15, 0.2) is 29.1 Å². The summed E-state index contributed by atoms with van der Waals surface area (Å²) in [5.41, 5.74) is -0.150. The molecule has 2 N–H and O–H groups in total. The molecule has 0 spiro atoms. The van der Waals surface area contributed by atoms with E-state index in [9.17, 15) is 14.7 Å². The first-order valence-corrected chi connectivity index (χ1v) is 10.7. The van der Waals surface area contributed by atoms with Gasteiger partial charge in [-0.05, 0) is 71.0 Å². The largest absolute Gasteiger partial charge is 0.506 e. The van der Waals surface area contributed by atoms with E-state index in [1.165, 1.54) is 12.8 Å². The Morgan fingerprint density at radius 1 is 1.17 bits per heavy atom. The van der Waals surface area contributed by atoms with Gasteiger partial charge in [0.25, 0.3) is 11.5 Å². The lowest BCUT2D eigenvalue weighted by Gasteiger charge is -2.60. The van der Waals surface area contributed by atoms with E-state index in [-0.39, 0.29) is 22.9 Å². The number of para-hydroxylation sites is 1. The molecule has 29 heavy (non-hydrogen) atoms. The molecule has 2 unspecified atom stereocenters. The summed E-state index contributed by atoms with van der Waals surface area (Å²) in [6, 6.07) is 8.11. The Balaban J connectivity index is 1.57. The van der Waals surface area contributed by atoms with E-state index in [4.69, 9.17) is 0 Å². The maximum atomic E-state index is 13.4. The van der Waals surface area contributed by atoms with Gasteiger partial charge in [0.2, 0.25) is 0 Å². The van der Waals surface area contributed by atoms with Crippen LogP contribution in [0.1, 0.15) is 62.4 Å². The highest BCUT2D eigenvalue weighted by Crippen LogP contribution is 2.50. The highest BCUT2D eigenvalue weighted by atomic mass is 16.3. The van der Waals surface area contributed by atoms with Crippen molar-refractivity contribution < 1.29 is 9.90 Å². The highest BCUT2D eigenvalue weighted by Gasteiger charge is 2.54. The molecule has 0 radical (unpaired) electrons. The maximum absolute atomic E-state index is 13.4. The lowest BCUT2D eigenvalue weighted by atomic mass is 9.59. The van der Waals surface area contributed by atoms with Crippen LogP contribution in [0.5, 0.6) is 5.75 Å². The zero-order chi connectivity index (χ0) is 20.5. The number of hydrogen-bond donors (Lipinski definition) is 2. The molecule has 4 aliphatic rings. The van der Waals surface area contributed by atoms with Crippen molar-refractivity contribution in [2.45, 2.75) is 69.6 Å². The Morgan fingerprint density at radius 2 is 1.83 bits per heavy atom. The summed E-state index contributed by atoms with van der Waals surface area (Å²) < 4.78 is 1.61. The second-order valence-corrected chi connectivity index (χ2v) is 9.67. The monoisotopic (exact) mass is 395 g/mol. The predicted molar refractivity (Wildman–Crippen MR) is 112 cm³/mol. The van der Waals surface area contributed by atoms with Crippen molar-refractivity contribution in [2.75, 3.05) is 7.05 Å². The van der Waals surface area contributed by atoms with Crippen molar-refractivity contribution in [1.82, 2.24) is 14.8 Å². The van der Waals surface area contributed by atoms with Crippen LogP contribution in [0, 0.1) is 5.92 Å². The number of piperidine rings is 2. The molecular formula is C23H29N3O3. The van der Waals surface area contributed by atoms with Crippen LogP contribution in [0.25, 0.3) is 10.9 Å². The topological polar surface area (TPSA) is 74.6 Å². The van der Waals surface area contributed by atoms with Gasteiger partial charge in [0.05, 0.1) is 5.52 Å². The maximum Gasteiger partial charge on any atom is 0.267 e. The molecule has 6 nitrogen and oxygen atoms in total. The second-order valence-electron chi connectivity index (χ2n) is 9.67. The summed E-state index contributed by atoms with van der Waals surface area (Å²) in [6.45, 7) is 3.84. The van der Waals surface area contributed by atoms with Crippen molar-refractivity contribution in [2.24, 2.45) is 5.92 Å². The van der Waals surface area contributed by atoms with Crippen molar-refractivity contribution in [3.63, 3.8) is 0 Å². The number of aromatic hydroxyl groups is 1. The summed E-state index contributed by atoms with van der Waals surface area (Å²) in [4.78, 5) is 29.1. The molecule has 2 aromatic rings. The molecule has 3 heterocycles. The third-order valence-electron chi connectivity index (χ3n) is 7.51. The molecule has 2 saturated heterocycles. The number of amides is 1. The number of carbonyl (C=O) groups is 1. The standard InChI is InChI=1S/C23H29N3O3/c1-13(2)26-18-7-5-4-6-17(18)20(27)19(22(26)29)21(28)24-23-10-14-8-15(11-23)25(3)16(9-14)12-23/h4-7,13-16,27H,8-12H2,1-3H3,(H,24,28). The van der Waals surface area contributed by atoms with Gasteiger partial charge < -0.3 is 19.9 Å². The number of hydrogen-bond acceptors (Lipinski definition) is 4.